The SMILES string of the molecule is BOCC1NC(=O)CN(C)C1=O. The molecule has 1 rings (SSSR count). The van der Waals surface area contributed by atoms with Gasteiger partial charge in [-0.25, -0.2) is 0 Å². The Balaban J connectivity index is 2.60. The molecule has 0 aromatic heterocycles. The van der Waals surface area contributed by atoms with Crippen LogP contribution in [0.2, 0.25) is 0 Å². The van der Waals surface area contributed by atoms with E-state index in [-0.39, 0.29) is 25.0 Å². The van der Waals surface area contributed by atoms with Crippen molar-refractivity contribution in [2.45, 2.75) is 6.04 Å². The zero-order valence-corrected chi connectivity index (χ0v) is 7.16. The summed E-state index contributed by atoms with van der Waals surface area (Å²) in [7, 11) is 3.10. The molecule has 0 saturated carbocycles. The van der Waals surface area contributed by atoms with Crippen molar-refractivity contribution in [3.63, 3.8) is 0 Å². The van der Waals surface area contributed by atoms with Crippen LogP contribution in [0.15, 0.2) is 0 Å². The summed E-state index contributed by atoms with van der Waals surface area (Å²) in [6.45, 7) is 0.369. The minimum absolute atomic E-state index is 0.101. The van der Waals surface area contributed by atoms with E-state index in [1.807, 2.05) is 0 Å². The molecule has 0 aromatic carbocycles. The normalized spacial score (nSPS) is 24.1. The molecule has 1 aliphatic rings. The maximum Gasteiger partial charge on any atom is 0.257 e. The molecular weight excluding hydrogens is 159 g/mol. The van der Waals surface area contributed by atoms with Crippen molar-refractivity contribution in [2.24, 2.45) is 0 Å². The first-order valence-electron chi connectivity index (χ1n) is 3.68. The summed E-state index contributed by atoms with van der Waals surface area (Å²) in [6.07, 6.45) is 0. The van der Waals surface area contributed by atoms with Gasteiger partial charge in [0, 0.05) is 7.05 Å². The highest BCUT2D eigenvalue weighted by Crippen LogP contribution is 1.99. The van der Waals surface area contributed by atoms with E-state index in [1.165, 1.54) is 12.9 Å². The molecule has 0 spiro atoms. The van der Waals surface area contributed by atoms with Crippen LogP contribution in [0.3, 0.4) is 0 Å². The number of hydrogen-bond acceptors (Lipinski definition) is 3. The van der Waals surface area contributed by atoms with Crippen LogP contribution in [0.25, 0.3) is 0 Å². The van der Waals surface area contributed by atoms with Gasteiger partial charge in [-0.05, 0) is 0 Å². The molecule has 1 saturated heterocycles. The quantitative estimate of drug-likeness (QED) is 0.466. The van der Waals surface area contributed by atoms with Crippen molar-refractivity contribution in [3.05, 3.63) is 0 Å². The standard InChI is InChI=1S/C6H11BN2O3/c1-9-2-5(10)8-4(3-12-7)6(9)11/h4H,2-3,7H2,1H3,(H,8,10). The van der Waals surface area contributed by atoms with Gasteiger partial charge in [0.05, 0.1) is 13.2 Å². The number of carbonyl (C=O) groups excluding carboxylic acids is 2. The fraction of sp³-hybridized carbons (Fsp3) is 0.667. The number of likely N-dealkylation sites (N-methyl/N-ethyl adjacent to an activating group) is 1. The van der Waals surface area contributed by atoms with Gasteiger partial charge in [0.2, 0.25) is 11.8 Å². The second-order valence-electron chi connectivity index (χ2n) is 2.77. The summed E-state index contributed by atoms with van der Waals surface area (Å²) in [5.41, 5.74) is 0. The number of hydrogen-bond donors (Lipinski definition) is 1. The van der Waals surface area contributed by atoms with E-state index in [0.717, 1.165) is 0 Å². The first kappa shape index (κ1) is 9.06. The molecule has 1 atom stereocenters. The molecule has 0 aliphatic carbocycles. The van der Waals surface area contributed by atoms with Gasteiger partial charge in [-0.1, -0.05) is 0 Å². The fourth-order valence-corrected chi connectivity index (χ4v) is 1.14. The van der Waals surface area contributed by atoms with Crippen molar-refractivity contribution in [2.75, 3.05) is 20.2 Å². The molecule has 0 bridgehead atoms. The van der Waals surface area contributed by atoms with E-state index in [4.69, 9.17) is 4.65 Å². The zero-order chi connectivity index (χ0) is 9.14. The Hall–Kier alpha value is -1.04. The summed E-state index contributed by atoms with van der Waals surface area (Å²) in [5, 5.41) is 2.54. The van der Waals surface area contributed by atoms with Crippen LogP contribution in [0.1, 0.15) is 0 Å². The van der Waals surface area contributed by atoms with Crippen molar-refractivity contribution in [1.82, 2.24) is 10.2 Å². The minimum atomic E-state index is -0.513. The molecule has 0 radical (unpaired) electrons. The smallest absolute Gasteiger partial charge is 0.257 e. The van der Waals surface area contributed by atoms with E-state index < -0.39 is 6.04 Å². The van der Waals surface area contributed by atoms with Crippen LogP contribution in [0.4, 0.5) is 0 Å². The molecule has 0 aromatic rings. The van der Waals surface area contributed by atoms with Crippen LogP contribution in [0.5, 0.6) is 0 Å². The number of rotatable bonds is 2. The Kier molecular flexibility index (Phi) is 2.70. The van der Waals surface area contributed by atoms with E-state index in [1.54, 1.807) is 7.05 Å². The lowest BCUT2D eigenvalue weighted by Crippen LogP contribution is -2.58. The number of carbonyl (C=O) groups is 2. The van der Waals surface area contributed by atoms with Crippen molar-refractivity contribution in [3.8, 4) is 0 Å². The number of piperazine rings is 1. The maximum absolute atomic E-state index is 11.3. The molecule has 1 fully saturated rings. The van der Waals surface area contributed by atoms with E-state index in [9.17, 15) is 9.59 Å². The molecule has 6 heteroatoms. The van der Waals surface area contributed by atoms with Crippen LogP contribution >= 0.6 is 0 Å². The van der Waals surface area contributed by atoms with Gasteiger partial charge in [-0.2, -0.15) is 0 Å². The number of nitrogens with one attached hydrogen (secondary N) is 1. The van der Waals surface area contributed by atoms with Crippen molar-refractivity contribution in [1.29, 1.82) is 0 Å². The van der Waals surface area contributed by atoms with E-state index >= 15 is 0 Å². The van der Waals surface area contributed by atoms with Crippen LogP contribution in [0, 0.1) is 0 Å². The zero-order valence-electron chi connectivity index (χ0n) is 7.16. The maximum atomic E-state index is 11.3. The van der Waals surface area contributed by atoms with Gasteiger partial charge in [-0.15, -0.1) is 0 Å². The predicted octanol–water partition coefficient (Wildman–Crippen LogP) is -2.49. The highest BCUT2D eigenvalue weighted by Gasteiger charge is 2.29. The summed E-state index contributed by atoms with van der Waals surface area (Å²) in [6, 6.07) is -0.513. The van der Waals surface area contributed by atoms with Gasteiger partial charge in [0.15, 0.2) is 0 Å². The molecular formula is C6H11BN2O3. The molecule has 66 valence electrons. The lowest BCUT2D eigenvalue weighted by Gasteiger charge is -2.29. The molecule has 12 heavy (non-hydrogen) atoms. The average Bonchev–Trinajstić information content (AvgIpc) is 2.00. The molecule has 5 nitrogen and oxygen atoms in total. The molecule has 1 unspecified atom stereocenters. The minimum Gasteiger partial charge on any atom is -0.441 e. The fourth-order valence-electron chi connectivity index (χ4n) is 1.14. The number of nitrogens with zero attached hydrogens (tertiary/aromatic N) is 1. The lowest BCUT2D eigenvalue weighted by atomic mass is 10.2. The van der Waals surface area contributed by atoms with Crippen LogP contribution in [-0.2, 0) is 14.2 Å². The second kappa shape index (κ2) is 3.58. The largest absolute Gasteiger partial charge is 0.441 e. The predicted molar refractivity (Wildman–Crippen MR) is 44.1 cm³/mol. The van der Waals surface area contributed by atoms with Crippen LogP contribution in [-0.4, -0.2) is 51.0 Å². The van der Waals surface area contributed by atoms with Gasteiger partial charge in [0.1, 0.15) is 6.04 Å². The molecule has 1 aliphatic heterocycles. The first-order valence-corrected chi connectivity index (χ1v) is 3.68. The van der Waals surface area contributed by atoms with Crippen molar-refractivity contribution >= 4 is 19.9 Å². The Morgan fingerprint density at radius 3 is 3.00 bits per heavy atom. The number of amides is 2. The highest BCUT2D eigenvalue weighted by molar-refractivity contribution is 5.99. The molecule has 1 N–H and O–H groups in total. The van der Waals surface area contributed by atoms with Gasteiger partial charge >= 0.3 is 0 Å². The van der Waals surface area contributed by atoms with Gasteiger partial charge < -0.3 is 14.9 Å². The van der Waals surface area contributed by atoms with Crippen LogP contribution < -0.4 is 5.32 Å². The molecule has 1 heterocycles. The topological polar surface area (TPSA) is 58.6 Å². The molecule has 2 amide bonds. The Morgan fingerprint density at radius 1 is 1.75 bits per heavy atom. The Labute approximate surface area is 71.5 Å². The summed E-state index contributed by atoms with van der Waals surface area (Å²) < 4.78 is 4.79. The third-order valence-corrected chi connectivity index (χ3v) is 1.72. The lowest BCUT2D eigenvalue weighted by molar-refractivity contribution is -0.143. The van der Waals surface area contributed by atoms with Gasteiger partial charge in [0.25, 0.3) is 8.05 Å². The first-order chi connectivity index (χ1) is 5.65. The average molecular weight is 170 g/mol. The highest BCUT2D eigenvalue weighted by atomic mass is 16.4. The third kappa shape index (κ3) is 1.76. The van der Waals surface area contributed by atoms with E-state index in [2.05, 4.69) is 5.32 Å². The summed E-state index contributed by atoms with van der Waals surface area (Å²) in [5.74, 6) is -0.240. The van der Waals surface area contributed by atoms with Crippen molar-refractivity contribution < 1.29 is 14.2 Å². The Morgan fingerprint density at radius 2 is 2.42 bits per heavy atom. The summed E-state index contributed by atoms with van der Waals surface area (Å²) >= 11 is 0. The summed E-state index contributed by atoms with van der Waals surface area (Å²) in [4.78, 5) is 23.6. The van der Waals surface area contributed by atoms with E-state index in [0.29, 0.717) is 0 Å². The third-order valence-electron chi connectivity index (χ3n) is 1.72. The second-order valence-corrected chi connectivity index (χ2v) is 2.77. The Bertz CT molecular complexity index is 209. The monoisotopic (exact) mass is 170 g/mol. The van der Waals surface area contributed by atoms with Gasteiger partial charge in [-0.3, -0.25) is 9.59 Å².